The highest BCUT2D eigenvalue weighted by molar-refractivity contribution is 8.00. The van der Waals surface area contributed by atoms with Crippen LogP contribution < -0.4 is 10.6 Å². The highest BCUT2D eigenvalue weighted by Gasteiger charge is 2.24. The molecule has 1 aromatic carbocycles. The number of carbonyl (C=O) groups is 2. The van der Waals surface area contributed by atoms with Crippen LogP contribution >= 0.6 is 11.8 Å². The first-order chi connectivity index (χ1) is 9.61. The molecule has 1 aromatic rings. The average Bonchev–Trinajstić information content (AvgIpc) is 2.83. The number of rotatable bonds is 2. The molecule has 2 atom stereocenters. The molecule has 0 aromatic heterocycles. The molecule has 106 valence electrons. The fourth-order valence-electron chi connectivity index (χ4n) is 2.83. The Morgan fingerprint density at radius 3 is 3.00 bits per heavy atom. The normalized spacial score (nSPS) is 24.9. The van der Waals surface area contributed by atoms with Gasteiger partial charge in [-0.1, -0.05) is 6.92 Å². The molecule has 1 saturated carbocycles. The first-order valence-electron chi connectivity index (χ1n) is 6.99. The largest absolute Gasteiger partial charge is 0.349 e. The minimum atomic E-state index is -0.0447. The van der Waals surface area contributed by atoms with Gasteiger partial charge >= 0.3 is 0 Å². The Kier molecular flexibility index (Phi) is 3.70. The number of hydrogen-bond donors (Lipinski definition) is 2. The predicted molar refractivity (Wildman–Crippen MR) is 80.1 cm³/mol. The number of hydrogen-bond acceptors (Lipinski definition) is 3. The number of amides is 2. The van der Waals surface area contributed by atoms with Crippen molar-refractivity contribution in [3.63, 3.8) is 0 Å². The summed E-state index contributed by atoms with van der Waals surface area (Å²) in [6, 6.07) is 5.80. The van der Waals surface area contributed by atoms with Gasteiger partial charge in [-0.05, 0) is 43.4 Å². The summed E-state index contributed by atoms with van der Waals surface area (Å²) in [6.07, 6.45) is 3.30. The molecule has 2 amide bonds. The number of thioether (sulfide) groups is 1. The second-order valence-corrected chi connectivity index (χ2v) is 6.65. The van der Waals surface area contributed by atoms with Crippen molar-refractivity contribution in [3.8, 4) is 0 Å². The SMILES string of the molecule is CC1CCC(NC(=O)c2ccc3c(c2)NC(=O)CS3)C1. The standard InChI is InChI=1S/C15H18N2O2S/c1-9-2-4-11(6-9)16-15(19)10-3-5-13-12(7-10)17-14(18)8-20-13/h3,5,7,9,11H,2,4,6,8H2,1H3,(H,16,19)(H,17,18). The number of fused-ring (bicyclic) bond motifs is 1. The van der Waals surface area contributed by atoms with Crippen molar-refractivity contribution in [1.82, 2.24) is 5.32 Å². The third-order valence-corrected chi connectivity index (χ3v) is 4.98. The van der Waals surface area contributed by atoms with E-state index in [1.807, 2.05) is 12.1 Å². The van der Waals surface area contributed by atoms with E-state index in [4.69, 9.17) is 0 Å². The van der Waals surface area contributed by atoms with Crippen molar-refractivity contribution in [3.05, 3.63) is 23.8 Å². The summed E-state index contributed by atoms with van der Waals surface area (Å²) in [4.78, 5) is 24.7. The Morgan fingerprint density at radius 1 is 1.40 bits per heavy atom. The molecule has 1 heterocycles. The fraction of sp³-hybridized carbons (Fsp3) is 0.467. The van der Waals surface area contributed by atoms with E-state index in [9.17, 15) is 9.59 Å². The van der Waals surface area contributed by atoms with E-state index in [1.54, 1.807) is 6.07 Å². The van der Waals surface area contributed by atoms with Crippen molar-refractivity contribution < 1.29 is 9.59 Å². The molecule has 2 N–H and O–H groups in total. The summed E-state index contributed by atoms with van der Waals surface area (Å²) in [5.74, 6) is 1.08. The van der Waals surface area contributed by atoms with E-state index >= 15 is 0 Å². The maximum Gasteiger partial charge on any atom is 0.251 e. The van der Waals surface area contributed by atoms with E-state index in [0.29, 0.717) is 17.2 Å². The smallest absolute Gasteiger partial charge is 0.251 e. The maximum atomic E-state index is 12.2. The Labute approximate surface area is 122 Å². The van der Waals surface area contributed by atoms with Crippen molar-refractivity contribution >= 4 is 29.3 Å². The highest BCUT2D eigenvalue weighted by atomic mass is 32.2. The van der Waals surface area contributed by atoms with Crippen LogP contribution in [0.25, 0.3) is 0 Å². The Bertz CT molecular complexity index is 559. The molecule has 1 fully saturated rings. The second kappa shape index (κ2) is 5.48. The van der Waals surface area contributed by atoms with Gasteiger partial charge in [0.2, 0.25) is 5.91 Å². The molecule has 1 aliphatic carbocycles. The van der Waals surface area contributed by atoms with Crippen LogP contribution in [-0.2, 0) is 4.79 Å². The summed E-state index contributed by atoms with van der Waals surface area (Å²) in [5, 5.41) is 5.90. The molecule has 0 radical (unpaired) electrons. The third kappa shape index (κ3) is 2.82. The monoisotopic (exact) mass is 290 g/mol. The van der Waals surface area contributed by atoms with Crippen LogP contribution in [0.15, 0.2) is 23.1 Å². The van der Waals surface area contributed by atoms with Gasteiger partial charge in [0.05, 0.1) is 11.4 Å². The summed E-state index contributed by atoms with van der Waals surface area (Å²) in [5.41, 5.74) is 1.37. The molecule has 0 saturated heterocycles. The molecule has 4 nitrogen and oxygen atoms in total. The molecule has 3 rings (SSSR count). The van der Waals surface area contributed by atoms with Gasteiger partial charge in [-0.15, -0.1) is 11.8 Å². The Balaban J connectivity index is 1.72. The lowest BCUT2D eigenvalue weighted by atomic mass is 10.1. The minimum absolute atomic E-state index is 0.00956. The number of benzene rings is 1. The van der Waals surface area contributed by atoms with Crippen molar-refractivity contribution in [2.24, 2.45) is 5.92 Å². The van der Waals surface area contributed by atoms with E-state index in [1.165, 1.54) is 18.2 Å². The molecule has 5 heteroatoms. The Morgan fingerprint density at radius 2 is 2.25 bits per heavy atom. The van der Waals surface area contributed by atoms with Crippen LogP contribution in [0.4, 0.5) is 5.69 Å². The fourth-order valence-corrected chi connectivity index (χ4v) is 3.62. The molecule has 0 bridgehead atoms. The predicted octanol–water partition coefficient (Wildman–Crippen LogP) is 2.65. The zero-order chi connectivity index (χ0) is 14.1. The number of carbonyl (C=O) groups excluding carboxylic acids is 2. The van der Waals surface area contributed by atoms with Crippen LogP contribution in [0, 0.1) is 5.92 Å². The van der Waals surface area contributed by atoms with Gasteiger partial charge in [0.25, 0.3) is 5.91 Å². The molecule has 2 aliphatic rings. The lowest BCUT2D eigenvalue weighted by Gasteiger charge is -2.18. The summed E-state index contributed by atoms with van der Waals surface area (Å²) in [6.45, 7) is 2.22. The van der Waals surface area contributed by atoms with Crippen LogP contribution in [0.3, 0.4) is 0 Å². The van der Waals surface area contributed by atoms with Crippen LogP contribution in [0.2, 0.25) is 0 Å². The number of anilines is 1. The van der Waals surface area contributed by atoms with E-state index in [2.05, 4.69) is 17.6 Å². The van der Waals surface area contributed by atoms with E-state index < -0.39 is 0 Å². The summed E-state index contributed by atoms with van der Waals surface area (Å²) in [7, 11) is 0. The van der Waals surface area contributed by atoms with E-state index in [0.717, 1.165) is 23.4 Å². The van der Waals surface area contributed by atoms with Crippen LogP contribution in [0.5, 0.6) is 0 Å². The molecular weight excluding hydrogens is 272 g/mol. The van der Waals surface area contributed by atoms with E-state index in [-0.39, 0.29) is 17.9 Å². The molecule has 20 heavy (non-hydrogen) atoms. The second-order valence-electron chi connectivity index (χ2n) is 5.64. The average molecular weight is 290 g/mol. The van der Waals surface area contributed by atoms with Crippen molar-refractivity contribution in [2.75, 3.05) is 11.1 Å². The van der Waals surface area contributed by atoms with Crippen molar-refractivity contribution in [1.29, 1.82) is 0 Å². The minimum Gasteiger partial charge on any atom is -0.349 e. The van der Waals surface area contributed by atoms with Gasteiger partial charge in [0.15, 0.2) is 0 Å². The molecule has 1 aliphatic heterocycles. The topological polar surface area (TPSA) is 58.2 Å². The summed E-state index contributed by atoms with van der Waals surface area (Å²) < 4.78 is 0. The third-order valence-electron chi connectivity index (χ3n) is 3.90. The van der Waals surface area contributed by atoms with Gasteiger partial charge in [-0.25, -0.2) is 0 Å². The summed E-state index contributed by atoms with van der Waals surface area (Å²) >= 11 is 1.51. The van der Waals surface area contributed by atoms with Gasteiger partial charge in [-0.3, -0.25) is 9.59 Å². The van der Waals surface area contributed by atoms with Gasteiger partial charge in [-0.2, -0.15) is 0 Å². The van der Waals surface area contributed by atoms with Gasteiger partial charge in [0, 0.05) is 16.5 Å². The van der Waals surface area contributed by atoms with Crippen LogP contribution in [0.1, 0.15) is 36.5 Å². The van der Waals surface area contributed by atoms with Gasteiger partial charge < -0.3 is 10.6 Å². The lowest BCUT2D eigenvalue weighted by molar-refractivity contribution is -0.113. The highest BCUT2D eigenvalue weighted by Crippen LogP contribution is 2.32. The van der Waals surface area contributed by atoms with Crippen LogP contribution in [-0.4, -0.2) is 23.6 Å². The zero-order valence-corrected chi connectivity index (χ0v) is 12.3. The first-order valence-corrected chi connectivity index (χ1v) is 7.98. The van der Waals surface area contributed by atoms with Gasteiger partial charge in [0.1, 0.15) is 0 Å². The maximum absolute atomic E-state index is 12.2. The van der Waals surface area contributed by atoms with Crippen molar-refractivity contribution in [2.45, 2.75) is 37.1 Å². The quantitative estimate of drug-likeness (QED) is 0.880. The zero-order valence-electron chi connectivity index (χ0n) is 11.4. The first kappa shape index (κ1) is 13.5. The lowest BCUT2D eigenvalue weighted by Crippen LogP contribution is -2.33. The Hall–Kier alpha value is -1.49. The molecule has 2 unspecified atom stereocenters. The molecule has 0 spiro atoms. The number of nitrogens with one attached hydrogen (secondary N) is 2. The molecular formula is C15H18N2O2S.